The monoisotopic (exact) mass is 506 g/mol. The van der Waals surface area contributed by atoms with E-state index < -0.39 is 6.10 Å². The Morgan fingerprint density at radius 1 is 1.00 bits per heavy atom. The lowest BCUT2D eigenvalue weighted by Crippen LogP contribution is -2.51. The van der Waals surface area contributed by atoms with Gasteiger partial charge in [0.1, 0.15) is 11.4 Å². The number of fused-ring (bicyclic) bond motifs is 1. The first-order chi connectivity index (χ1) is 17.6. The average molecular weight is 507 g/mol. The minimum absolute atomic E-state index is 0.0271. The smallest absolute Gasteiger partial charge is 0.409 e. The lowest BCUT2D eigenvalue weighted by molar-refractivity contribution is -0.0171. The maximum Gasteiger partial charge on any atom is 0.409 e. The number of hydrogen-bond acceptors (Lipinski definition) is 5. The molecule has 0 aromatic heterocycles. The zero-order valence-electron chi connectivity index (χ0n) is 22.2. The Balaban J connectivity index is 1.20. The molecular formula is C30H38N2O5. The third-order valence-electron chi connectivity index (χ3n) is 7.71. The van der Waals surface area contributed by atoms with Gasteiger partial charge in [0.15, 0.2) is 0 Å². The molecule has 1 unspecified atom stereocenters. The van der Waals surface area contributed by atoms with Crippen LogP contribution in [0, 0.1) is 5.41 Å². The molecule has 1 spiro atoms. The van der Waals surface area contributed by atoms with E-state index in [0.717, 1.165) is 42.6 Å². The summed E-state index contributed by atoms with van der Waals surface area (Å²) in [5.41, 5.74) is 3.74. The van der Waals surface area contributed by atoms with Gasteiger partial charge in [-0.25, -0.2) is 4.79 Å². The van der Waals surface area contributed by atoms with E-state index in [4.69, 9.17) is 9.47 Å². The van der Waals surface area contributed by atoms with Crippen LogP contribution < -0.4 is 4.74 Å². The fourth-order valence-electron chi connectivity index (χ4n) is 5.43. The molecule has 3 aliphatic rings. The summed E-state index contributed by atoms with van der Waals surface area (Å²) in [6, 6.07) is 14.0. The van der Waals surface area contributed by atoms with Crippen LogP contribution in [0.15, 0.2) is 42.5 Å². The van der Waals surface area contributed by atoms with Crippen molar-refractivity contribution < 1.29 is 24.2 Å². The second kappa shape index (κ2) is 10.0. The quantitative estimate of drug-likeness (QED) is 0.641. The van der Waals surface area contributed by atoms with E-state index in [9.17, 15) is 14.7 Å². The van der Waals surface area contributed by atoms with Crippen molar-refractivity contribution >= 4 is 12.0 Å². The van der Waals surface area contributed by atoms with Crippen molar-refractivity contribution in [1.29, 1.82) is 0 Å². The molecule has 2 saturated heterocycles. The van der Waals surface area contributed by atoms with Crippen molar-refractivity contribution in [2.24, 2.45) is 5.41 Å². The van der Waals surface area contributed by atoms with Crippen molar-refractivity contribution in [2.45, 2.75) is 64.6 Å². The van der Waals surface area contributed by atoms with Gasteiger partial charge in [0.2, 0.25) is 0 Å². The first kappa shape index (κ1) is 25.6. The molecule has 0 radical (unpaired) electrons. The number of likely N-dealkylation sites (tertiary alicyclic amines) is 2. The summed E-state index contributed by atoms with van der Waals surface area (Å²) in [6.45, 7) is 8.91. The number of carbonyl (C=O) groups is 2. The van der Waals surface area contributed by atoms with Gasteiger partial charge in [-0.05, 0) is 65.6 Å². The van der Waals surface area contributed by atoms with Gasteiger partial charge in [0.25, 0.3) is 5.91 Å². The van der Waals surface area contributed by atoms with Crippen LogP contribution in [0.1, 0.15) is 62.4 Å². The number of aliphatic hydroxyl groups excluding tert-OH is 1. The Hall–Kier alpha value is -3.06. The summed E-state index contributed by atoms with van der Waals surface area (Å²) in [5, 5.41) is 9.72. The van der Waals surface area contributed by atoms with Crippen LogP contribution in [0.5, 0.6) is 5.75 Å². The number of piperidine rings is 1. The molecule has 0 bridgehead atoms. The highest BCUT2D eigenvalue weighted by molar-refractivity contribution is 5.95. The highest BCUT2D eigenvalue weighted by Gasteiger charge is 2.41. The van der Waals surface area contributed by atoms with E-state index in [0.29, 0.717) is 44.8 Å². The molecule has 37 heavy (non-hydrogen) atoms. The summed E-state index contributed by atoms with van der Waals surface area (Å²) in [4.78, 5) is 28.7. The van der Waals surface area contributed by atoms with Gasteiger partial charge in [-0.15, -0.1) is 0 Å². The number of ether oxygens (including phenoxy) is 2. The number of aliphatic hydroxyl groups is 1. The highest BCUT2D eigenvalue weighted by Crippen LogP contribution is 2.41. The molecule has 2 aromatic carbocycles. The molecular weight excluding hydrogens is 468 g/mol. The van der Waals surface area contributed by atoms with Gasteiger partial charge in [-0.3, -0.25) is 4.79 Å². The fraction of sp³-hybridized carbons (Fsp3) is 0.533. The third kappa shape index (κ3) is 5.77. The van der Waals surface area contributed by atoms with Crippen molar-refractivity contribution in [3.63, 3.8) is 0 Å². The standard InChI is InChI=1S/C30H38N2O5/c1-29(2,3)20-36-28(35)31-16-13-30(14-17-31)12-10-24-18-23(8-9-26(24)37-30)21-4-6-22(7-5-21)27(34)32-15-11-25(33)19-32/h4-9,18,25,33H,10-17,19-20H2,1-3H3. The predicted molar refractivity (Wildman–Crippen MR) is 142 cm³/mol. The number of rotatable bonds is 3. The molecule has 7 nitrogen and oxygen atoms in total. The maximum atomic E-state index is 12.7. The Labute approximate surface area is 219 Å². The van der Waals surface area contributed by atoms with Gasteiger partial charge in [-0.2, -0.15) is 0 Å². The summed E-state index contributed by atoms with van der Waals surface area (Å²) in [7, 11) is 0. The first-order valence-corrected chi connectivity index (χ1v) is 13.4. The minimum Gasteiger partial charge on any atom is -0.487 e. The van der Waals surface area contributed by atoms with E-state index in [1.807, 2.05) is 24.3 Å². The van der Waals surface area contributed by atoms with Crippen LogP contribution in [0.2, 0.25) is 0 Å². The zero-order valence-corrected chi connectivity index (χ0v) is 22.2. The van der Waals surface area contributed by atoms with Crippen molar-refractivity contribution in [3.05, 3.63) is 53.6 Å². The number of aryl methyl sites for hydroxylation is 1. The Bertz CT molecular complexity index is 1150. The van der Waals surface area contributed by atoms with Gasteiger partial charge < -0.3 is 24.4 Å². The normalized spacial score (nSPS) is 20.9. The number of carbonyl (C=O) groups excluding carboxylic acids is 2. The van der Waals surface area contributed by atoms with E-state index in [1.54, 1.807) is 9.80 Å². The molecule has 7 heteroatoms. The Morgan fingerprint density at radius 3 is 2.35 bits per heavy atom. The van der Waals surface area contributed by atoms with Gasteiger partial charge >= 0.3 is 6.09 Å². The maximum absolute atomic E-state index is 12.7. The molecule has 5 rings (SSSR count). The van der Waals surface area contributed by atoms with Gasteiger partial charge in [-0.1, -0.05) is 39.0 Å². The summed E-state index contributed by atoms with van der Waals surface area (Å²) in [6.07, 6.45) is 3.49. The second-order valence-corrected chi connectivity index (χ2v) is 12.0. The molecule has 0 aliphatic carbocycles. The van der Waals surface area contributed by atoms with E-state index in [-0.39, 0.29) is 23.0 Å². The van der Waals surface area contributed by atoms with Crippen LogP contribution in [0.4, 0.5) is 4.79 Å². The number of β-amino-alcohol motifs (C(OH)–C–C–N with tert-alkyl or cyclic N) is 1. The first-order valence-electron chi connectivity index (χ1n) is 13.4. The van der Waals surface area contributed by atoms with Crippen LogP contribution in [0.3, 0.4) is 0 Å². The molecule has 3 aliphatic heterocycles. The summed E-state index contributed by atoms with van der Waals surface area (Å²) in [5.74, 6) is 0.902. The van der Waals surface area contributed by atoms with Gasteiger partial charge in [0.05, 0.1) is 12.7 Å². The average Bonchev–Trinajstić information content (AvgIpc) is 3.33. The Morgan fingerprint density at radius 2 is 1.70 bits per heavy atom. The SMILES string of the molecule is CC(C)(C)COC(=O)N1CCC2(CCc3cc(-c4ccc(C(=O)N5CCC(O)C5)cc4)ccc3O2)CC1. The number of benzene rings is 2. The molecule has 198 valence electrons. The minimum atomic E-state index is -0.414. The number of hydrogen-bond donors (Lipinski definition) is 1. The molecule has 2 aromatic rings. The fourth-order valence-corrected chi connectivity index (χ4v) is 5.43. The molecule has 1 N–H and O–H groups in total. The number of nitrogens with zero attached hydrogens (tertiary/aromatic N) is 2. The van der Waals surface area contributed by atoms with Crippen molar-refractivity contribution in [2.75, 3.05) is 32.8 Å². The van der Waals surface area contributed by atoms with E-state index >= 15 is 0 Å². The molecule has 2 amide bonds. The highest BCUT2D eigenvalue weighted by atomic mass is 16.6. The molecule has 0 saturated carbocycles. The van der Waals surface area contributed by atoms with E-state index in [1.165, 1.54) is 5.56 Å². The number of amides is 2. The lowest BCUT2D eigenvalue weighted by Gasteiger charge is -2.44. The van der Waals surface area contributed by atoms with E-state index in [2.05, 4.69) is 39.0 Å². The topological polar surface area (TPSA) is 79.3 Å². The summed E-state index contributed by atoms with van der Waals surface area (Å²) >= 11 is 0. The lowest BCUT2D eigenvalue weighted by atomic mass is 9.82. The Kier molecular flexibility index (Phi) is 6.92. The van der Waals surface area contributed by atoms with Crippen molar-refractivity contribution in [1.82, 2.24) is 9.80 Å². The largest absolute Gasteiger partial charge is 0.487 e. The molecule has 2 fully saturated rings. The third-order valence-corrected chi connectivity index (χ3v) is 7.71. The zero-order chi connectivity index (χ0) is 26.2. The van der Waals surface area contributed by atoms with Crippen LogP contribution in [-0.4, -0.2) is 71.4 Å². The second-order valence-electron chi connectivity index (χ2n) is 12.0. The summed E-state index contributed by atoms with van der Waals surface area (Å²) < 4.78 is 12.1. The molecule has 1 atom stereocenters. The van der Waals surface area contributed by atoms with Crippen molar-refractivity contribution in [3.8, 4) is 16.9 Å². The predicted octanol–water partition coefficient (Wildman–Crippen LogP) is 4.90. The van der Waals surface area contributed by atoms with Gasteiger partial charge in [0, 0.05) is 44.6 Å². The van der Waals surface area contributed by atoms with Crippen LogP contribution in [0.25, 0.3) is 11.1 Å². The van der Waals surface area contributed by atoms with Crippen LogP contribution in [-0.2, 0) is 11.2 Å². The van der Waals surface area contributed by atoms with Crippen LogP contribution >= 0.6 is 0 Å². The molecule has 3 heterocycles.